The smallest absolute Gasteiger partial charge is 0.387 e. The minimum atomic E-state index is -3.00. The molecule has 1 amide bonds. The molecular formula is C28H25F2N4O3P. The molecule has 2 aromatic carbocycles. The van der Waals surface area contributed by atoms with Crippen LogP contribution >= 0.6 is 7.14 Å². The SMILES string of the molecule is CN1C(=O)c2cccc(OC(F)F)c2[C@@H]2C[C@@H]1c1nc3ccc(-c4ccc(P5(=O)CCCC5)nc4)cc3n12. The highest BCUT2D eigenvalue weighted by Gasteiger charge is 2.45. The molecule has 3 aliphatic heterocycles. The Morgan fingerprint density at radius 1 is 1.05 bits per heavy atom. The van der Waals surface area contributed by atoms with Crippen LogP contribution in [-0.4, -0.2) is 51.3 Å². The van der Waals surface area contributed by atoms with Crippen LogP contribution in [0.25, 0.3) is 22.2 Å². The molecule has 1 fully saturated rings. The molecule has 194 valence electrons. The van der Waals surface area contributed by atoms with Crippen molar-refractivity contribution in [3.63, 3.8) is 0 Å². The van der Waals surface area contributed by atoms with Crippen molar-refractivity contribution >= 4 is 29.5 Å². The molecule has 1 saturated heterocycles. The predicted octanol–water partition coefficient (Wildman–Crippen LogP) is 5.60. The standard InChI is InChI=1S/C28H25F2N4O3P/c1-33-22-14-21(25-18(27(33)35)5-4-6-23(25)37-28(29)30)34-20-13-16(7-9-19(20)32-26(22)34)17-8-10-24(31-15-17)38(36)11-2-3-12-38/h4-10,13,15,21-22,28H,2-3,11-12,14H2,1H3/t21-,22+/m0/s1. The summed E-state index contributed by atoms with van der Waals surface area (Å²) in [7, 11) is -0.645. The number of amides is 1. The second-order valence-electron chi connectivity index (χ2n) is 10.3. The molecule has 10 heteroatoms. The van der Waals surface area contributed by atoms with Crippen molar-refractivity contribution in [1.29, 1.82) is 0 Å². The number of pyridine rings is 1. The van der Waals surface area contributed by atoms with E-state index in [0.29, 0.717) is 23.0 Å². The van der Waals surface area contributed by atoms with Crippen molar-refractivity contribution in [2.75, 3.05) is 19.4 Å². The van der Waals surface area contributed by atoms with Gasteiger partial charge in [0.2, 0.25) is 0 Å². The van der Waals surface area contributed by atoms with Crippen LogP contribution in [0.4, 0.5) is 8.78 Å². The van der Waals surface area contributed by atoms with Gasteiger partial charge in [-0.1, -0.05) is 18.2 Å². The summed E-state index contributed by atoms with van der Waals surface area (Å²) in [4.78, 5) is 24.4. The molecule has 2 aromatic heterocycles. The zero-order valence-corrected chi connectivity index (χ0v) is 21.6. The molecular weight excluding hydrogens is 509 g/mol. The van der Waals surface area contributed by atoms with E-state index in [-0.39, 0.29) is 23.7 Å². The number of hydrogen-bond acceptors (Lipinski definition) is 5. The maximum Gasteiger partial charge on any atom is 0.387 e. The van der Waals surface area contributed by atoms with Crippen LogP contribution in [-0.2, 0) is 4.57 Å². The fraction of sp³-hybridized carbons (Fsp3) is 0.321. The zero-order valence-electron chi connectivity index (χ0n) is 20.7. The molecule has 38 heavy (non-hydrogen) atoms. The lowest BCUT2D eigenvalue weighted by Gasteiger charge is -2.24. The number of benzene rings is 2. The Balaban J connectivity index is 1.36. The number of rotatable bonds is 4. The average Bonchev–Trinajstić information content (AvgIpc) is 3.60. The minimum absolute atomic E-state index is 0.0114. The number of imidazole rings is 1. The lowest BCUT2D eigenvalue weighted by molar-refractivity contribution is -0.0507. The summed E-state index contributed by atoms with van der Waals surface area (Å²) in [5.74, 6) is 0.499. The Bertz CT molecular complexity index is 1640. The second kappa shape index (κ2) is 8.46. The van der Waals surface area contributed by atoms with Gasteiger partial charge in [0.15, 0.2) is 0 Å². The molecule has 3 aliphatic rings. The maximum atomic E-state index is 13.3. The fourth-order valence-corrected chi connectivity index (χ4v) is 9.10. The van der Waals surface area contributed by atoms with E-state index >= 15 is 0 Å². The highest BCUT2D eigenvalue weighted by molar-refractivity contribution is 7.71. The molecule has 0 saturated carbocycles. The van der Waals surface area contributed by atoms with Gasteiger partial charge in [-0.25, -0.2) is 4.98 Å². The molecule has 7 rings (SSSR count). The predicted molar refractivity (Wildman–Crippen MR) is 140 cm³/mol. The summed E-state index contributed by atoms with van der Waals surface area (Å²) in [6.45, 7) is -3.00. The number of carbonyl (C=O) groups is 1. The number of ether oxygens (including phenoxy) is 1. The Hall–Kier alpha value is -3.58. The lowest BCUT2D eigenvalue weighted by atomic mass is 9.97. The summed E-state index contributed by atoms with van der Waals surface area (Å²) in [6.07, 6.45) is 5.72. The van der Waals surface area contributed by atoms with E-state index in [1.807, 2.05) is 30.3 Å². The normalized spacial score (nSPS) is 21.6. The Morgan fingerprint density at radius 3 is 2.58 bits per heavy atom. The van der Waals surface area contributed by atoms with Crippen LogP contribution in [0.15, 0.2) is 54.7 Å². The largest absolute Gasteiger partial charge is 0.434 e. The highest BCUT2D eigenvalue weighted by Crippen LogP contribution is 2.51. The van der Waals surface area contributed by atoms with Gasteiger partial charge in [0.25, 0.3) is 5.91 Å². The maximum absolute atomic E-state index is 13.3. The van der Waals surface area contributed by atoms with E-state index in [4.69, 9.17) is 9.72 Å². The average molecular weight is 535 g/mol. The van der Waals surface area contributed by atoms with E-state index in [0.717, 1.165) is 53.2 Å². The first-order chi connectivity index (χ1) is 18.3. The van der Waals surface area contributed by atoms with Gasteiger partial charge in [-0.15, -0.1) is 0 Å². The van der Waals surface area contributed by atoms with E-state index < -0.39 is 13.8 Å². The fourth-order valence-electron chi connectivity index (χ4n) is 6.33. The van der Waals surface area contributed by atoms with E-state index in [1.165, 1.54) is 6.07 Å². The summed E-state index contributed by atoms with van der Waals surface area (Å²) < 4.78 is 46.8. The quantitative estimate of drug-likeness (QED) is 0.319. The first-order valence-electron chi connectivity index (χ1n) is 12.8. The van der Waals surface area contributed by atoms with Crippen LogP contribution in [0.5, 0.6) is 5.75 Å². The summed E-state index contributed by atoms with van der Waals surface area (Å²) in [6, 6.07) is 13.8. The molecule has 2 bridgehead atoms. The van der Waals surface area contributed by atoms with Gasteiger partial charge in [-0.05, 0) is 48.7 Å². The van der Waals surface area contributed by atoms with E-state index in [2.05, 4.69) is 9.55 Å². The molecule has 0 spiro atoms. The molecule has 0 aliphatic carbocycles. The van der Waals surface area contributed by atoms with Crippen molar-refractivity contribution in [3.05, 3.63) is 71.7 Å². The van der Waals surface area contributed by atoms with Gasteiger partial charge >= 0.3 is 6.61 Å². The van der Waals surface area contributed by atoms with Crippen molar-refractivity contribution in [2.45, 2.75) is 38.0 Å². The molecule has 4 aromatic rings. The van der Waals surface area contributed by atoms with Gasteiger partial charge < -0.3 is 18.8 Å². The number of nitrogens with zero attached hydrogens (tertiary/aromatic N) is 4. The van der Waals surface area contributed by atoms with Crippen LogP contribution < -0.4 is 10.2 Å². The monoisotopic (exact) mass is 534 g/mol. The third-order valence-corrected chi connectivity index (χ3v) is 11.4. The first-order valence-corrected chi connectivity index (χ1v) is 14.8. The number of halogens is 2. The zero-order chi connectivity index (χ0) is 26.2. The molecule has 7 nitrogen and oxygen atoms in total. The number of alkyl halides is 2. The molecule has 5 heterocycles. The molecule has 0 radical (unpaired) electrons. The van der Waals surface area contributed by atoms with E-state index in [1.54, 1.807) is 30.3 Å². The number of carbonyl (C=O) groups excluding carboxylic acids is 1. The Kier molecular flexibility index (Phi) is 5.24. The van der Waals surface area contributed by atoms with Gasteiger partial charge in [-0.2, -0.15) is 8.78 Å². The summed E-state index contributed by atoms with van der Waals surface area (Å²) in [5, 5.41) is 0. The van der Waals surface area contributed by atoms with E-state index in [9.17, 15) is 18.1 Å². The lowest BCUT2D eigenvalue weighted by Crippen LogP contribution is -2.30. The minimum Gasteiger partial charge on any atom is -0.434 e. The van der Waals surface area contributed by atoms with Crippen molar-refractivity contribution in [3.8, 4) is 16.9 Å². The van der Waals surface area contributed by atoms with Crippen LogP contribution in [0.2, 0.25) is 0 Å². The highest BCUT2D eigenvalue weighted by atomic mass is 31.2. The van der Waals surface area contributed by atoms with Gasteiger partial charge in [0.1, 0.15) is 18.7 Å². The molecule has 2 atom stereocenters. The molecule has 0 N–H and O–H groups in total. The van der Waals surface area contributed by atoms with Gasteiger partial charge in [0, 0.05) is 48.7 Å². The third-order valence-electron chi connectivity index (χ3n) is 8.19. The van der Waals surface area contributed by atoms with Crippen LogP contribution in [0.1, 0.15) is 53.1 Å². The number of aromatic nitrogens is 3. The van der Waals surface area contributed by atoms with Crippen molar-refractivity contribution in [2.24, 2.45) is 0 Å². The van der Waals surface area contributed by atoms with Crippen molar-refractivity contribution < 1.29 is 22.9 Å². The number of fused-ring (bicyclic) bond motifs is 9. The van der Waals surface area contributed by atoms with Gasteiger partial charge in [0.05, 0.1) is 28.6 Å². The van der Waals surface area contributed by atoms with Crippen LogP contribution in [0.3, 0.4) is 0 Å². The topological polar surface area (TPSA) is 77.3 Å². The van der Waals surface area contributed by atoms with Gasteiger partial charge in [-0.3, -0.25) is 9.78 Å². The Morgan fingerprint density at radius 2 is 1.84 bits per heavy atom. The Labute approximate surface area is 217 Å². The van der Waals surface area contributed by atoms with Crippen LogP contribution in [0, 0.1) is 0 Å². The molecule has 0 unspecified atom stereocenters. The first kappa shape index (κ1) is 23.5. The summed E-state index contributed by atoms with van der Waals surface area (Å²) >= 11 is 0. The second-order valence-corrected chi connectivity index (χ2v) is 13.4. The summed E-state index contributed by atoms with van der Waals surface area (Å²) in [5.41, 5.74) is 4.94. The third kappa shape index (κ3) is 3.44. The van der Waals surface area contributed by atoms with Crippen molar-refractivity contribution in [1.82, 2.24) is 19.4 Å². The number of hydrogen-bond donors (Lipinski definition) is 0.